The first kappa shape index (κ1) is 55.2. The summed E-state index contributed by atoms with van der Waals surface area (Å²) in [7, 11) is 1.16. The van der Waals surface area contributed by atoms with Crippen LogP contribution in [0.2, 0.25) is 0 Å². The van der Waals surface area contributed by atoms with Crippen LogP contribution in [0.1, 0.15) is 200 Å². The standard InChI is InChI=1S/C47H88NO8P/c1-6-8-10-12-14-16-18-20-21-22-23-24-25-26-27-28-30-32-34-36-38-40-47(50)56-45(44-55-57(51,52)54-42-41-48(3,4)5)43-53-46(49)39-37-35-33-31-29-19-17-15-13-11-9-7-2/h18,20,22-23,25-26,45H,6-17,19,21,24,27-44H2,1-5H3/b20-18-,23-22-,26-25-. The maximum atomic E-state index is 12.7. The Morgan fingerprint density at radius 2 is 0.947 bits per heavy atom. The Balaban J connectivity index is 4.32. The van der Waals surface area contributed by atoms with E-state index in [1.807, 2.05) is 21.1 Å². The second-order valence-corrected chi connectivity index (χ2v) is 18.2. The van der Waals surface area contributed by atoms with Gasteiger partial charge in [0.15, 0.2) is 6.10 Å². The molecular formula is C47H88NO8P. The summed E-state index contributed by atoms with van der Waals surface area (Å²) >= 11 is 0. The summed E-state index contributed by atoms with van der Waals surface area (Å²) in [4.78, 5) is 37.5. The fourth-order valence-electron chi connectivity index (χ4n) is 6.25. The molecule has 0 saturated carbocycles. The number of unbranched alkanes of at least 4 members (excludes halogenated alkanes) is 22. The molecule has 0 N–H and O–H groups in total. The Morgan fingerprint density at radius 3 is 1.40 bits per heavy atom. The lowest BCUT2D eigenvalue weighted by molar-refractivity contribution is -0.870. The molecule has 0 aliphatic carbocycles. The number of hydrogen-bond acceptors (Lipinski definition) is 8. The third kappa shape index (κ3) is 43.6. The first-order valence-electron chi connectivity index (χ1n) is 23.2. The maximum absolute atomic E-state index is 12.7. The van der Waals surface area contributed by atoms with Crippen LogP contribution in [0.4, 0.5) is 0 Å². The fraction of sp³-hybridized carbons (Fsp3) is 0.830. The summed E-state index contributed by atoms with van der Waals surface area (Å²) in [5, 5.41) is 0. The summed E-state index contributed by atoms with van der Waals surface area (Å²) in [6, 6.07) is 0. The number of likely N-dealkylation sites (N-methyl/N-ethyl adjacent to an activating group) is 1. The van der Waals surface area contributed by atoms with Crippen LogP contribution in [0, 0.1) is 0 Å². The van der Waals surface area contributed by atoms with E-state index in [2.05, 4.69) is 50.3 Å². The largest absolute Gasteiger partial charge is 0.756 e. The van der Waals surface area contributed by atoms with Gasteiger partial charge in [-0.25, -0.2) is 0 Å². The van der Waals surface area contributed by atoms with Gasteiger partial charge in [0, 0.05) is 12.8 Å². The first-order valence-corrected chi connectivity index (χ1v) is 24.7. The van der Waals surface area contributed by atoms with Crippen LogP contribution in [0.15, 0.2) is 36.5 Å². The van der Waals surface area contributed by atoms with Crippen LogP contribution in [-0.4, -0.2) is 70.0 Å². The number of phosphoric ester groups is 1. The first-order chi connectivity index (χ1) is 27.5. The average Bonchev–Trinajstić information content (AvgIpc) is 3.16. The van der Waals surface area contributed by atoms with E-state index in [9.17, 15) is 19.0 Å². The van der Waals surface area contributed by atoms with Gasteiger partial charge in [-0.3, -0.25) is 14.2 Å². The van der Waals surface area contributed by atoms with Gasteiger partial charge >= 0.3 is 11.9 Å². The van der Waals surface area contributed by atoms with Crippen molar-refractivity contribution in [2.24, 2.45) is 0 Å². The summed E-state index contributed by atoms with van der Waals surface area (Å²) < 4.78 is 33.9. The van der Waals surface area contributed by atoms with E-state index in [1.54, 1.807) is 0 Å². The van der Waals surface area contributed by atoms with E-state index in [0.29, 0.717) is 17.4 Å². The molecule has 0 aliphatic heterocycles. The summed E-state index contributed by atoms with van der Waals surface area (Å²) in [5.41, 5.74) is 0. The summed E-state index contributed by atoms with van der Waals surface area (Å²) in [6.45, 7) is 4.20. The van der Waals surface area contributed by atoms with Crippen molar-refractivity contribution in [3.05, 3.63) is 36.5 Å². The highest BCUT2D eigenvalue weighted by atomic mass is 31.2. The topological polar surface area (TPSA) is 111 Å². The van der Waals surface area contributed by atoms with E-state index in [0.717, 1.165) is 70.6 Å². The van der Waals surface area contributed by atoms with E-state index >= 15 is 0 Å². The van der Waals surface area contributed by atoms with Crippen LogP contribution >= 0.6 is 7.82 Å². The smallest absolute Gasteiger partial charge is 0.306 e. The zero-order valence-electron chi connectivity index (χ0n) is 37.5. The van der Waals surface area contributed by atoms with Crippen LogP contribution in [0.5, 0.6) is 0 Å². The molecule has 2 unspecified atom stereocenters. The zero-order chi connectivity index (χ0) is 42.1. The van der Waals surface area contributed by atoms with Gasteiger partial charge in [0.05, 0.1) is 27.7 Å². The number of carbonyl (C=O) groups excluding carboxylic acids is 2. The van der Waals surface area contributed by atoms with Gasteiger partial charge in [-0.05, 0) is 51.4 Å². The van der Waals surface area contributed by atoms with Crippen molar-refractivity contribution in [2.75, 3.05) is 47.5 Å². The Labute approximate surface area is 351 Å². The third-order valence-corrected chi connectivity index (χ3v) is 10.9. The molecule has 0 aromatic rings. The van der Waals surface area contributed by atoms with Gasteiger partial charge < -0.3 is 27.9 Å². The molecule has 0 aromatic carbocycles. The molecule has 0 saturated heterocycles. The van der Waals surface area contributed by atoms with Crippen molar-refractivity contribution < 1.29 is 42.1 Å². The molecular weight excluding hydrogens is 737 g/mol. The van der Waals surface area contributed by atoms with Crippen LogP contribution < -0.4 is 4.89 Å². The van der Waals surface area contributed by atoms with Crippen molar-refractivity contribution in [1.29, 1.82) is 0 Å². The average molecular weight is 826 g/mol. The number of allylic oxidation sites excluding steroid dienone is 6. The second kappa shape index (κ2) is 39.7. The normalized spacial score (nSPS) is 13.9. The van der Waals surface area contributed by atoms with Gasteiger partial charge in [0.1, 0.15) is 19.8 Å². The van der Waals surface area contributed by atoms with Crippen molar-refractivity contribution >= 4 is 19.8 Å². The molecule has 334 valence electrons. The Morgan fingerprint density at radius 1 is 0.544 bits per heavy atom. The number of rotatable bonds is 42. The van der Waals surface area contributed by atoms with Gasteiger partial charge in [-0.15, -0.1) is 0 Å². The lowest BCUT2D eigenvalue weighted by Gasteiger charge is -2.28. The Kier molecular flexibility index (Phi) is 38.4. The monoisotopic (exact) mass is 826 g/mol. The lowest BCUT2D eigenvalue weighted by Crippen LogP contribution is -2.37. The van der Waals surface area contributed by atoms with E-state index in [1.165, 1.54) is 96.3 Å². The van der Waals surface area contributed by atoms with E-state index < -0.39 is 26.5 Å². The Hall–Kier alpha value is -1.77. The van der Waals surface area contributed by atoms with Crippen molar-refractivity contribution in [1.82, 2.24) is 0 Å². The SMILES string of the molecule is CCCCCCC/C=C\C/C=C\C/C=C\CCCCCCCCC(=O)OC(COC(=O)CCCCCCCCCCCCCC)COP(=O)([O-])OCC[N+](C)(C)C. The molecule has 9 nitrogen and oxygen atoms in total. The van der Waals surface area contributed by atoms with Crippen molar-refractivity contribution in [2.45, 2.75) is 206 Å². The minimum Gasteiger partial charge on any atom is -0.756 e. The summed E-state index contributed by atoms with van der Waals surface area (Å²) in [6.07, 6.45) is 44.5. The van der Waals surface area contributed by atoms with Crippen LogP contribution in [0.3, 0.4) is 0 Å². The van der Waals surface area contributed by atoms with Crippen LogP contribution in [0.25, 0.3) is 0 Å². The van der Waals surface area contributed by atoms with Gasteiger partial charge in [-0.2, -0.15) is 0 Å². The predicted molar refractivity (Wildman–Crippen MR) is 236 cm³/mol. The predicted octanol–water partition coefficient (Wildman–Crippen LogP) is 12.7. The number of phosphoric acid groups is 1. The van der Waals surface area contributed by atoms with Gasteiger partial charge in [0.25, 0.3) is 7.82 Å². The lowest BCUT2D eigenvalue weighted by atomic mass is 10.0. The number of nitrogens with zero attached hydrogens (tertiary/aromatic N) is 1. The number of hydrogen-bond donors (Lipinski definition) is 0. The number of quaternary nitrogens is 1. The molecule has 0 fully saturated rings. The minimum atomic E-state index is -4.63. The highest BCUT2D eigenvalue weighted by molar-refractivity contribution is 7.45. The Bertz CT molecular complexity index is 1070. The molecule has 10 heteroatoms. The molecule has 2 atom stereocenters. The molecule has 0 aliphatic rings. The molecule has 0 bridgehead atoms. The number of carbonyl (C=O) groups is 2. The highest BCUT2D eigenvalue weighted by Crippen LogP contribution is 2.38. The molecule has 0 amide bonds. The summed E-state index contributed by atoms with van der Waals surface area (Å²) in [5.74, 6) is -0.845. The number of ether oxygens (including phenoxy) is 2. The quantitative estimate of drug-likeness (QED) is 0.0197. The van der Waals surface area contributed by atoms with Crippen LogP contribution in [-0.2, 0) is 32.7 Å². The number of esters is 2. The fourth-order valence-corrected chi connectivity index (χ4v) is 6.98. The van der Waals surface area contributed by atoms with E-state index in [4.69, 9.17) is 18.5 Å². The molecule has 0 aromatic heterocycles. The minimum absolute atomic E-state index is 0.0330. The maximum Gasteiger partial charge on any atom is 0.306 e. The molecule has 57 heavy (non-hydrogen) atoms. The van der Waals surface area contributed by atoms with Gasteiger partial charge in [0.2, 0.25) is 0 Å². The second-order valence-electron chi connectivity index (χ2n) is 16.8. The van der Waals surface area contributed by atoms with Crippen molar-refractivity contribution in [3.63, 3.8) is 0 Å². The highest BCUT2D eigenvalue weighted by Gasteiger charge is 2.21. The molecule has 0 heterocycles. The van der Waals surface area contributed by atoms with E-state index in [-0.39, 0.29) is 32.0 Å². The van der Waals surface area contributed by atoms with Gasteiger partial charge in [-0.1, -0.05) is 172 Å². The molecule has 0 spiro atoms. The third-order valence-electron chi connectivity index (χ3n) is 9.91. The molecule has 0 rings (SSSR count). The zero-order valence-corrected chi connectivity index (χ0v) is 38.4. The molecule has 0 radical (unpaired) electrons. The van der Waals surface area contributed by atoms with Crippen molar-refractivity contribution in [3.8, 4) is 0 Å².